The molecule has 2 fully saturated rings. The molecule has 2 heterocycles. The van der Waals surface area contributed by atoms with E-state index in [1.165, 1.54) is 38.9 Å². The number of likely N-dealkylation sites (N-methyl/N-ethyl adjacent to an activating group) is 1. The van der Waals surface area contributed by atoms with E-state index in [0.717, 1.165) is 25.7 Å². The second kappa shape index (κ2) is 7.43. The van der Waals surface area contributed by atoms with Crippen molar-refractivity contribution in [2.45, 2.75) is 25.3 Å². The molecular formula is C14H28N2O2. The maximum atomic E-state index is 5.50. The number of methoxy groups -OCH3 is 1. The molecule has 2 saturated heterocycles. The average molecular weight is 256 g/mol. The van der Waals surface area contributed by atoms with Crippen LogP contribution >= 0.6 is 0 Å². The fourth-order valence-electron chi connectivity index (χ4n) is 3.20. The summed E-state index contributed by atoms with van der Waals surface area (Å²) in [6.45, 7) is 6.42. The van der Waals surface area contributed by atoms with Crippen LogP contribution in [0, 0.1) is 11.8 Å². The monoisotopic (exact) mass is 256 g/mol. The Morgan fingerprint density at radius 1 is 1.33 bits per heavy atom. The van der Waals surface area contributed by atoms with Crippen LogP contribution in [0.2, 0.25) is 0 Å². The first-order valence-corrected chi connectivity index (χ1v) is 7.29. The van der Waals surface area contributed by atoms with Crippen LogP contribution in [0.3, 0.4) is 0 Å². The molecule has 0 aromatic rings. The molecule has 0 aliphatic carbocycles. The molecule has 4 heteroatoms. The van der Waals surface area contributed by atoms with E-state index in [-0.39, 0.29) is 0 Å². The predicted molar refractivity (Wildman–Crippen MR) is 72.8 cm³/mol. The molecule has 0 amide bonds. The largest absolute Gasteiger partial charge is 0.384 e. The Labute approximate surface area is 111 Å². The molecular weight excluding hydrogens is 228 g/mol. The van der Waals surface area contributed by atoms with Gasteiger partial charge in [-0.1, -0.05) is 0 Å². The smallest absolute Gasteiger partial charge is 0.0510 e. The molecule has 0 bridgehead atoms. The van der Waals surface area contributed by atoms with Gasteiger partial charge in [0.05, 0.1) is 6.61 Å². The highest BCUT2D eigenvalue weighted by Crippen LogP contribution is 2.21. The molecule has 2 aliphatic heterocycles. The van der Waals surface area contributed by atoms with Gasteiger partial charge in [0.15, 0.2) is 0 Å². The number of rotatable bonds is 6. The van der Waals surface area contributed by atoms with Gasteiger partial charge in [-0.3, -0.25) is 0 Å². The summed E-state index contributed by atoms with van der Waals surface area (Å²) >= 11 is 0. The summed E-state index contributed by atoms with van der Waals surface area (Å²) in [6, 6.07) is 0.589. The molecule has 0 spiro atoms. The van der Waals surface area contributed by atoms with Crippen LogP contribution in [0.15, 0.2) is 0 Å². The van der Waals surface area contributed by atoms with Crippen LogP contribution in [-0.2, 0) is 9.47 Å². The van der Waals surface area contributed by atoms with E-state index < -0.39 is 0 Å². The lowest BCUT2D eigenvalue weighted by Crippen LogP contribution is -2.47. The quantitative estimate of drug-likeness (QED) is 0.768. The topological polar surface area (TPSA) is 33.7 Å². The van der Waals surface area contributed by atoms with E-state index in [0.29, 0.717) is 12.0 Å². The second-order valence-corrected chi connectivity index (χ2v) is 5.72. The van der Waals surface area contributed by atoms with E-state index in [1.54, 1.807) is 0 Å². The zero-order valence-corrected chi connectivity index (χ0v) is 11.9. The van der Waals surface area contributed by atoms with Crippen molar-refractivity contribution in [3.05, 3.63) is 0 Å². The third-order valence-electron chi connectivity index (χ3n) is 4.47. The maximum Gasteiger partial charge on any atom is 0.0510 e. The van der Waals surface area contributed by atoms with Crippen molar-refractivity contribution in [3.8, 4) is 0 Å². The Bertz CT molecular complexity index is 224. The molecule has 18 heavy (non-hydrogen) atoms. The minimum Gasteiger partial charge on any atom is -0.384 e. The first-order valence-electron chi connectivity index (χ1n) is 7.29. The van der Waals surface area contributed by atoms with Gasteiger partial charge < -0.3 is 19.7 Å². The summed E-state index contributed by atoms with van der Waals surface area (Å²) < 4.78 is 10.8. The van der Waals surface area contributed by atoms with Gasteiger partial charge >= 0.3 is 0 Å². The molecule has 106 valence electrons. The second-order valence-electron chi connectivity index (χ2n) is 5.72. The number of nitrogens with zero attached hydrogens (tertiary/aromatic N) is 1. The number of likely N-dealkylation sites (tertiary alicyclic amines) is 1. The van der Waals surface area contributed by atoms with Gasteiger partial charge in [-0.15, -0.1) is 0 Å². The summed E-state index contributed by atoms with van der Waals surface area (Å²) in [7, 11) is 3.89. The molecule has 2 atom stereocenters. The van der Waals surface area contributed by atoms with Crippen molar-refractivity contribution in [2.75, 3.05) is 53.6 Å². The van der Waals surface area contributed by atoms with Gasteiger partial charge in [0.2, 0.25) is 0 Å². The van der Waals surface area contributed by atoms with E-state index in [4.69, 9.17) is 9.47 Å². The summed E-state index contributed by atoms with van der Waals surface area (Å²) in [5.74, 6) is 1.47. The average Bonchev–Trinajstić information content (AvgIpc) is 2.92. The van der Waals surface area contributed by atoms with E-state index in [2.05, 4.69) is 17.3 Å². The maximum absolute atomic E-state index is 5.50. The minimum absolute atomic E-state index is 0.589. The Morgan fingerprint density at radius 2 is 2.11 bits per heavy atom. The van der Waals surface area contributed by atoms with Crippen LogP contribution in [0.1, 0.15) is 19.3 Å². The number of ether oxygens (including phenoxy) is 2. The zero-order chi connectivity index (χ0) is 12.8. The van der Waals surface area contributed by atoms with Gasteiger partial charge in [-0.05, 0) is 45.3 Å². The Hall–Kier alpha value is -0.160. The standard InChI is InChI=1S/C14H28N2O2/c1-15-14(13-5-8-18-11-13)9-16-6-3-12(4-7-16)10-17-2/h12-15H,3-11H2,1-2H3. The van der Waals surface area contributed by atoms with Crippen molar-refractivity contribution >= 4 is 0 Å². The van der Waals surface area contributed by atoms with E-state index in [9.17, 15) is 0 Å². The fourth-order valence-corrected chi connectivity index (χ4v) is 3.20. The highest BCUT2D eigenvalue weighted by Gasteiger charge is 2.27. The molecule has 0 radical (unpaired) electrons. The summed E-state index contributed by atoms with van der Waals surface area (Å²) in [6.07, 6.45) is 3.78. The summed E-state index contributed by atoms with van der Waals surface area (Å²) in [5, 5.41) is 3.48. The van der Waals surface area contributed by atoms with Crippen LogP contribution in [-0.4, -0.2) is 64.6 Å². The molecule has 4 nitrogen and oxygen atoms in total. The Morgan fingerprint density at radius 3 is 2.67 bits per heavy atom. The molecule has 2 unspecified atom stereocenters. The molecule has 0 aromatic carbocycles. The molecule has 2 aliphatic rings. The van der Waals surface area contributed by atoms with Crippen LogP contribution in [0.5, 0.6) is 0 Å². The minimum atomic E-state index is 0.589. The van der Waals surface area contributed by atoms with Gasteiger partial charge in [-0.2, -0.15) is 0 Å². The van der Waals surface area contributed by atoms with Gasteiger partial charge in [0.1, 0.15) is 0 Å². The number of hydrogen-bond donors (Lipinski definition) is 1. The van der Waals surface area contributed by atoms with Gasteiger partial charge in [0.25, 0.3) is 0 Å². The van der Waals surface area contributed by atoms with Crippen molar-refractivity contribution in [1.82, 2.24) is 10.2 Å². The number of hydrogen-bond acceptors (Lipinski definition) is 4. The normalized spacial score (nSPS) is 28.7. The first-order chi connectivity index (χ1) is 8.83. The van der Waals surface area contributed by atoms with Gasteiger partial charge in [0, 0.05) is 38.8 Å². The van der Waals surface area contributed by atoms with E-state index >= 15 is 0 Å². The van der Waals surface area contributed by atoms with Crippen molar-refractivity contribution in [2.24, 2.45) is 11.8 Å². The summed E-state index contributed by atoms with van der Waals surface area (Å²) in [4.78, 5) is 2.60. The lowest BCUT2D eigenvalue weighted by molar-refractivity contribution is 0.0900. The van der Waals surface area contributed by atoms with Crippen molar-refractivity contribution in [3.63, 3.8) is 0 Å². The van der Waals surface area contributed by atoms with Crippen molar-refractivity contribution in [1.29, 1.82) is 0 Å². The fraction of sp³-hybridized carbons (Fsp3) is 1.00. The van der Waals surface area contributed by atoms with Crippen LogP contribution < -0.4 is 5.32 Å². The molecule has 1 N–H and O–H groups in total. The van der Waals surface area contributed by atoms with E-state index in [1.807, 2.05) is 7.11 Å². The zero-order valence-electron chi connectivity index (χ0n) is 11.9. The Balaban J connectivity index is 1.72. The highest BCUT2D eigenvalue weighted by molar-refractivity contribution is 4.83. The number of nitrogens with one attached hydrogen (secondary N) is 1. The predicted octanol–water partition coefficient (Wildman–Crippen LogP) is 0.969. The van der Waals surface area contributed by atoms with Crippen molar-refractivity contribution < 1.29 is 9.47 Å². The Kier molecular flexibility index (Phi) is 5.89. The van der Waals surface area contributed by atoms with Crippen LogP contribution in [0.4, 0.5) is 0 Å². The molecule has 0 aromatic heterocycles. The highest BCUT2D eigenvalue weighted by atomic mass is 16.5. The molecule has 2 rings (SSSR count). The number of piperidine rings is 1. The summed E-state index contributed by atoms with van der Waals surface area (Å²) in [5.41, 5.74) is 0. The lowest BCUT2D eigenvalue weighted by atomic mass is 9.95. The van der Waals surface area contributed by atoms with Gasteiger partial charge in [-0.25, -0.2) is 0 Å². The third kappa shape index (κ3) is 3.92. The SMILES string of the molecule is CNC(CN1CCC(COC)CC1)C1CCOC1. The first kappa shape index (κ1) is 14.3. The lowest BCUT2D eigenvalue weighted by Gasteiger charge is -2.35. The van der Waals surface area contributed by atoms with Crippen LogP contribution in [0.25, 0.3) is 0 Å². The third-order valence-corrected chi connectivity index (χ3v) is 4.47. The molecule has 0 saturated carbocycles.